The van der Waals surface area contributed by atoms with Gasteiger partial charge in [-0.2, -0.15) is 0 Å². The van der Waals surface area contributed by atoms with Crippen molar-refractivity contribution in [2.24, 2.45) is 0 Å². The van der Waals surface area contributed by atoms with E-state index in [9.17, 15) is 4.79 Å². The lowest BCUT2D eigenvalue weighted by Gasteiger charge is -2.24. The Hall–Kier alpha value is -1.57. The number of aromatic nitrogens is 2. The lowest BCUT2D eigenvalue weighted by Crippen LogP contribution is -2.43. The van der Waals surface area contributed by atoms with E-state index in [2.05, 4.69) is 51.6 Å². The van der Waals surface area contributed by atoms with Crippen LogP contribution < -0.4 is 4.90 Å². The summed E-state index contributed by atoms with van der Waals surface area (Å²) in [5, 5.41) is 0. The maximum atomic E-state index is 13.5. The molecule has 0 bridgehead atoms. The van der Waals surface area contributed by atoms with Crippen molar-refractivity contribution in [2.75, 3.05) is 17.9 Å². The molecule has 0 radical (unpaired) electrons. The second-order valence-corrected chi connectivity index (χ2v) is 14.7. The van der Waals surface area contributed by atoms with Gasteiger partial charge in [-0.1, -0.05) is 25.7 Å². The average Bonchev–Trinajstić information content (AvgIpc) is 3.06. The number of rotatable bonds is 4. The molecule has 0 saturated heterocycles. The number of halogens is 1. The Labute approximate surface area is 162 Å². The molecule has 5 nitrogen and oxygen atoms in total. The summed E-state index contributed by atoms with van der Waals surface area (Å²) in [7, 11) is -1.34. The Bertz CT molecular complexity index is 883. The van der Waals surface area contributed by atoms with E-state index in [1.807, 2.05) is 12.1 Å². The molecule has 2 aliphatic rings. The van der Waals surface area contributed by atoms with Gasteiger partial charge in [0.05, 0.1) is 13.5 Å². The van der Waals surface area contributed by atoms with E-state index in [-0.39, 0.29) is 12.6 Å². The minimum Gasteiger partial charge on any atom is -0.364 e. The van der Waals surface area contributed by atoms with Crippen molar-refractivity contribution in [3.8, 4) is 0 Å². The molecule has 0 aromatic carbocycles. The predicted molar refractivity (Wildman–Crippen MR) is 107 cm³/mol. The molecule has 136 valence electrons. The minimum absolute atomic E-state index is 0.0795. The molecule has 1 aliphatic carbocycles. The Morgan fingerprint density at radius 1 is 1.31 bits per heavy atom. The Balaban J connectivity index is 1.67. The summed E-state index contributed by atoms with van der Waals surface area (Å²) < 4.78 is 6.86. The number of pyridine rings is 2. The molecular formula is C19H22BrN3O2Si. The number of hydrogen-bond donors (Lipinski definition) is 0. The fourth-order valence-corrected chi connectivity index (χ4v) is 4.94. The summed E-state index contributed by atoms with van der Waals surface area (Å²) in [4.78, 5) is 24.2. The fraction of sp³-hybridized carbons (Fsp3) is 0.421. The second kappa shape index (κ2) is 6.25. The van der Waals surface area contributed by atoms with Gasteiger partial charge in [-0.05, 0) is 40.0 Å². The van der Waals surface area contributed by atoms with Crippen LogP contribution in [0.15, 0.2) is 35.1 Å². The second-order valence-electron chi connectivity index (χ2n) is 8.34. The van der Waals surface area contributed by atoms with Crippen LogP contribution >= 0.6 is 15.9 Å². The molecule has 1 atom stereocenters. The molecule has 26 heavy (non-hydrogen) atoms. The highest BCUT2D eigenvalue weighted by molar-refractivity contribution is 9.10. The van der Waals surface area contributed by atoms with Crippen LogP contribution in [0.4, 0.5) is 5.82 Å². The molecule has 1 amide bonds. The van der Waals surface area contributed by atoms with E-state index >= 15 is 0 Å². The number of nitrogens with zero attached hydrogens (tertiary/aromatic N) is 3. The largest absolute Gasteiger partial charge is 0.364 e. The van der Waals surface area contributed by atoms with Crippen molar-refractivity contribution in [3.63, 3.8) is 0 Å². The van der Waals surface area contributed by atoms with Gasteiger partial charge in [0.2, 0.25) is 5.91 Å². The standard InChI is InChI=1S/C19H22BrN3O2Si/c1-26(2,3)12-25-11-23-17-15(5-4-6-21-17)19(18(23)24)8-13-7-14(20)10-22-16(13)9-19/h4-7,10H,8-9,11-12H2,1-3H3. The van der Waals surface area contributed by atoms with Gasteiger partial charge in [-0.15, -0.1) is 0 Å². The van der Waals surface area contributed by atoms with Crippen molar-refractivity contribution in [3.05, 3.63) is 51.9 Å². The van der Waals surface area contributed by atoms with Gasteiger partial charge in [-0.25, -0.2) is 4.98 Å². The number of fused-ring (bicyclic) bond motifs is 3. The molecule has 1 unspecified atom stereocenters. The zero-order valence-corrected chi connectivity index (χ0v) is 17.8. The Kier molecular flexibility index (Phi) is 4.28. The number of carbonyl (C=O) groups excluding carboxylic acids is 1. The van der Waals surface area contributed by atoms with Gasteiger partial charge in [0.15, 0.2) is 0 Å². The topological polar surface area (TPSA) is 55.3 Å². The van der Waals surface area contributed by atoms with E-state index in [1.54, 1.807) is 17.3 Å². The first kappa shape index (κ1) is 17.8. The monoisotopic (exact) mass is 431 g/mol. The van der Waals surface area contributed by atoms with Crippen molar-refractivity contribution >= 4 is 35.7 Å². The zero-order valence-electron chi connectivity index (χ0n) is 15.3. The van der Waals surface area contributed by atoms with Crippen LogP contribution in [0.1, 0.15) is 16.8 Å². The van der Waals surface area contributed by atoms with Crippen LogP contribution in [0.2, 0.25) is 19.6 Å². The molecule has 4 rings (SSSR count). The van der Waals surface area contributed by atoms with Crippen LogP contribution in [-0.2, 0) is 27.8 Å². The van der Waals surface area contributed by atoms with E-state index in [4.69, 9.17) is 4.74 Å². The molecule has 7 heteroatoms. The summed E-state index contributed by atoms with van der Waals surface area (Å²) in [5.41, 5.74) is 2.53. The highest BCUT2D eigenvalue weighted by atomic mass is 79.9. The van der Waals surface area contributed by atoms with Crippen LogP contribution in [0.3, 0.4) is 0 Å². The molecule has 0 N–H and O–H groups in total. The van der Waals surface area contributed by atoms with Crippen LogP contribution in [0, 0.1) is 0 Å². The van der Waals surface area contributed by atoms with Crippen molar-refractivity contribution < 1.29 is 9.53 Å². The lowest BCUT2D eigenvalue weighted by molar-refractivity contribution is -0.124. The number of carbonyl (C=O) groups is 1. The molecule has 0 fully saturated rings. The first-order valence-electron chi connectivity index (χ1n) is 8.79. The first-order chi connectivity index (χ1) is 12.3. The fourth-order valence-electron chi connectivity index (χ4n) is 3.86. The Morgan fingerprint density at radius 3 is 2.88 bits per heavy atom. The molecule has 0 saturated carbocycles. The quantitative estimate of drug-likeness (QED) is 0.695. The third-order valence-electron chi connectivity index (χ3n) is 4.96. The van der Waals surface area contributed by atoms with Gasteiger partial charge < -0.3 is 4.74 Å². The third-order valence-corrected chi connectivity index (χ3v) is 6.46. The summed E-state index contributed by atoms with van der Waals surface area (Å²) in [6.07, 6.45) is 5.55. The molecular weight excluding hydrogens is 410 g/mol. The van der Waals surface area contributed by atoms with Crippen molar-refractivity contribution in [2.45, 2.75) is 37.9 Å². The molecule has 1 spiro atoms. The molecule has 3 heterocycles. The first-order valence-corrected chi connectivity index (χ1v) is 13.3. The zero-order chi connectivity index (χ0) is 18.5. The number of hydrogen-bond acceptors (Lipinski definition) is 4. The van der Waals surface area contributed by atoms with Crippen molar-refractivity contribution in [1.82, 2.24) is 9.97 Å². The van der Waals surface area contributed by atoms with Crippen LogP contribution in [0.25, 0.3) is 0 Å². The van der Waals surface area contributed by atoms with Crippen molar-refractivity contribution in [1.29, 1.82) is 0 Å². The summed E-state index contributed by atoms with van der Waals surface area (Å²) in [6, 6.07) is 6.01. The van der Waals surface area contributed by atoms with E-state index in [1.165, 1.54) is 0 Å². The van der Waals surface area contributed by atoms with Gasteiger partial charge in [-0.3, -0.25) is 14.7 Å². The van der Waals surface area contributed by atoms with Gasteiger partial charge in [0, 0.05) is 40.8 Å². The van der Waals surface area contributed by atoms with E-state index < -0.39 is 13.5 Å². The maximum absolute atomic E-state index is 13.5. The smallest absolute Gasteiger partial charge is 0.241 e. The van der Waals surface area contributed by atoms with Crippen LogP contribution in [-0.4, -0.2) is 36.9 Å². The highest BCUT2D eigenvalue weighted by Crippen LogP contribution is 2.48. The average molecular weight is 432 g/mol. The number of anilines is 1. The highest BCUT2D eigenvalue weighted by Gasteiger charge is 2.55. The lowest BCUT2D eigenvalue weighted by atomic mass is 9.80. The predicted octanol–water partition coefficient (Wildman–Crippen LogP) is 3.47. The SMILES string of the molecule is C[Si](C)(C)COCN1C(=O)C2(Cc3cc(Br)cnc3C2)c2cccnc21. The maximum Gasteiger partial charge on any atom is 0.241 e. The summed E-state index contributed by atoms with van der Waals surface area (Å²) in [6.45, 7) is 7.03. The molecule has 1 aliphatic heterocycles. The van der Waals surface area contributed by atoms with Gasteiger partial charge in [0.25, 0.3) is 0 Å². The number of ether oxygens (including phenoxy) is 1. The van der Waals surface area contributed by atoms with Gasteiger partial charge in [0.1, 0.15) is 12.5 Å². The third kappa shape index (κ3) is 2.92. The normalized spacial score (nSPS) is 21.4. The van der Waals surface area contributed by atoms with Gasteiger partial charge >= 0.3 is 0 Å². The Morgan fingerprint density at radius 2 is 2.12 bits per heavy atom. The molecule has 2 aromatic rings. The number of amides is 1. The molecule has 2 aromatic heterocycles. The van der Waals surface area contributed by atoms with Crippen LogP contribution in [0.5, 0.6) is 0 Å². The summed E-state index contributed by atoms with van der Waals surface area (Å²) in [5.74, 6) is 0.816. The van der Waals surface area contributed by atoms with E-state index in [0.29, 0.717) is 12.8 Å². The minimum atomic E-state index is -1.34. The summed E-state index contributed by atoms with van der Waals surface area (Å²) >= 11 is 3.49. The van der Waals surface area contributed by atoms with E-state index in [0.717, 1.165) is 33.3 Å².